The molecule has 0 aromatic rings. The molecule has 2 atom stereocenters. The number of amides is 1. The van der Waals surface area contributed by atoms with Crippen LogP contribution >= 0.6 is 0 Å². The van der Waals surface area contributed by atoms with E-state index in [1.807, 2.05) is 6.92 Å². The summed E-state index contributed by atoms with van der Waals surface area (Å²) in [6.45, 7) is 3.84. The Bertz CT molecular complexity index is 259. The minimum atomic E-state index is -0.255. The standard InChI is InChI=1S/C14H26N2O2/c1-2-13(18-12-7-3-4-8-12)14(17)16-10-11-6-5-9-15-11/h11-13,15H,2-10H2,1H3,(H,16,17). The van der Waals surface area contributed by atoms with Crippen molar-refractivity contribution in [3.63, 3.8) is 0 Å². The number of nitrogens with one attached hydrogen (secondary N) is 2. The molecule has 0 radical (unpaired) electrons. The van der Waals surface area contributed by atoms with Crippen LogP contribution in [0.1, 0.15) is 51.9 Å². The Balaban J connectivity index is 1.70. The molecule has 2 fully saturated rings. The molecule has 0 aromatic carbocycles. The van der Waals surface area contributed by atoms with E-state index >= 15 is 0 Å². The minimum Gasteiger partial charge on any atom is -0.365 e. The monoisotopic (exact) mass is 254 g/mol. The van der Waals surface area contributed by atoms with Crippen LogP contribution in [0, 0.1) is 0 Å². The molecule has 2 N–H and O–H groups in total. The quantitative estimate of drug-likeness (QED) is 0.757. The molecule has 2 aliphatic rings. The largest absolute Gasteiger partial charge is 0.365 e. The Labute approximate surface area is 110 Å². The fraction of sp³-hybridized carbons (Fsp3) is 0.929. The molecule has 1 heterocycles. The highest BCUT2D eigenvalue weighted by Crippen LogP contribution is 2.22. The van der Waals surface area contributed by atoms with Crippen LogP contribution in [0.25, 0.3) is 0 Å². The third-order valence-electron chi connectivity index (χ3n) is 4.01. The predicted molar refractivity (Wildman–Crippen MR) is 71.5 cm³/mol. The summed E-state index contributed by atoms with van der Waals surface area (Å²) in [5.74, 6) is 0.0677. The molecule has 1 aliphatic heterocycles. The SMILES string of the molecule is CCC(OC1CCCC1)C(=O)NCC1CCCN1. The summed E-state index contributed by atoms with van der Waals surface area (Å²) in [6.07, 6.45) is 7.93. The second-order valence-electron chi connectivity index (χ2n) is 5.48. The molecule has 4 nitrogen and oxygen atoms in total. The van der Waals surface area contributed by atoms with Gasteiger partial charge in [0.1, 0.15) is 6.10 Å². The Morgan fingerprint density at radius 3 is 2.72 bits per heavy atom. The first-order valence-electron chi connectivity index (χ1n) is 7.46. The van der Waals surface area contributed by atoms with Crippen LogP contribution in [0.3, 0.4) is 0 Å². The summed E-state index contributed by atoms with van der Waals surface area (Å²) in [5.41, 5.74) is 0. The van der Waals surface area contributed by atoms with Gasteiger partial charge in [-0.25, -0.2) is 0 Å². The smallest absolute Gasteiger partial charge is 0.249 e. The molecule has 18 heavy (non-hydrogen) atoms. The highest BCUT2D eigenvalue weighted by Gasteiger charge is 2.25. The molecule has 1 aliphatic carbocycles. The summed E-state index contributed by atoms with van der Waals surface area (Å²) in [4.78, 5) is 12.1. The maximum atomic E-state index is 12.1. The fourth-order valence-electron chi connectivity index (χ4n) is 2.87. The van der Waals surface area contributed by atoms with Crippen molar-refractivity contribution in [3.05, 3.63) is 0 Å². The van der Waals surface area contributed by atoms with Crippen LogP contribution in [0.4, 0.5) is 0 Å². The van der Waals surface area contributed by atoms with Gasteiger partial charge in [-0.2, -0.15) is 0 Å². The molecule has 0 aromatic heterocycles. The van der Waals surface area contributed by atoms with E-state index in [1.165, 1.54) is 25.7 Å². The minimum absolute atomic E-state index is 0.0677. The van der Waals surface area contributed by atoms with Crippen LogP contribution < -0.4 is 10.6 Å². The molecule has 2 rings (SSSR count). The summed E-state index contributed by atoms with van der Waals surface area (Å²) in [6, 6.07) is 0.456. The van der Waals surface area contributed by atoms with Gasteiger partial charge in [0.05, 0.1) is 6.10 Å². The summed E-state index contributed by atoms with van der Waals surface area (Å²) in [7, 11) is 0. The number of carbonyl (C=O) groups is 1. The summed E-state index contributed by atoms with van der Waals surface area (Å²) < 4.78 is 5.91. The van der Waals surface area contributed by atoms with Crippen molar-refractivity contribution >= 4 is 5.91 Å². The van der Waals surface area contributed by atoms with Gasteiger partial charge in [-0.15, -0.1) is 0 Å². The van der Waals surface area contributed by atoms with Gasteiger partial charge in [0.2, 0.25) is 5.91 Å². The van der Waals surface area contributed by atoms with Crippen molar-refractivity contribution in [3.8, 4) is 0 Å². The first-order chi connectivity index (χ1) is 8.79. The zero-order valence-corrected chi connectivity index (χ0v) is 11.4. The Morgan fingerprint density at radius 2 is 2.11 bits per heavy atom. The lowest BCUT2D eigenvalue weighted by Crippen LogP contribution is -2.43. The number of hydrogen-bond acceptors (Lipinski definition) is 3. The van der Waals surface area contributed by atoms with Gasteiger partial charge in [-0.05, 0) is 38.6 Å². The van der Waals surface area contributed by atoms with E-state index in [2.05, 4.69) is 10.6 Å². The van der Waals surface area contributed by atoms with Crippen molar-refractivity contribution < 1.29 is 9.53 Å². The van der Waals surface area contributed by atoms with Gasteiger partial charge in [0, 0.05) is 12.6 Å². The third kappa shape index (κ3) is 3.95. The fourth-order valence-corrected chi connectivity index (χ4v) is 2.87. The summed E-state index contributed by atoms with van der Waals surface area (Å²) >= 11 is 0. The van der Waals surface area contributed by atoms with Crippen molar-refractivity contribution in [2.45, 2.75) is 70.1 Å². The molecule has 1 saturated heterocycles. The molecule has 0 bridgehead atoms. The Kier molecular flexibility index (Phi) is 5.45. The van der Waals surface area contributed by atoms with E-state index < -0.39 is 0 Å². The van der Waals surface area contributed by atoms with E-state index in [4.69, 9.17) is 4.74 Å². The van der Waals surface area contributed by atoms with Gasteiger partial charge >= 0.3 is 0 Å². The second-order valence-corrected chi connectivity index (χ2v) is 5.48. The van der Waals surface area contributed by atoms with E-state index in [0.29, 0.717) is 12.1 Å². The van der Waals surface area contributed by atoms with Crippen LogP contribution in [0.5, 0.6) is 0 Å². The zero-order chi connectivity index (χ0) is 12.8. The first kappa shape index (κ1) is 13.8. The predicted octanol–water partition coefficient (Wildman–Crippen LogP) is 1.59. The molecule has 1 amide bonds. The third-order valence-corrected chi connectivity index (χ3v) is 4.01. The first-order valence-corrected chi connectivity index (χ1v) is 7.46. The van der Waals surface area contributed by atoms with Gasteiger partial charge < -0.3 is 15.4 Å². The van der Waals surface area contributed by atoms with Crippen molar-refractivity contribution in [2.24, 2.45) is 0 Å². The lowest BCUT2D eigenvalue weighted by molar-refractivity contribution is -0.136. The van der Waals surface area contributed by atoms with E-state index in [-0.39, 0.29) is 12.0 Å². The summed E-state index contributed by atoms with van der Waals surface area (Å²) in [5, 5.41) is 6.41. The topological polar surface area (TPSA) is 50.4 Å². The molecule has 0 spiro atoms. The van der Waals surface area contributed by atoms with Gasteiger partial charge in [0.15, 0.2) is 0 Å². The van der Waals surface area contributed by atoms with Crippen LogP contribution in [-0.2, 0) is 9.53 Å². The van der Waals surface area contributed by atoms with Crippen LogP contribution in [-0.4, -0.2) is 37.2 Å². The number of ether oxygens (including phenoxy) is 1. The molecular formula is C14H26N2O2. The average Bonchev–Trinajstić information content (AvgIpc) is 3.06. The lowest BCUT2D eigenvalue weighted by atomic mass is 10.2. The van der Waals surface area contributed by atoms with Crippen molar-refractivity contribution in [2.75, 3.05) is 13.1 Å². The number of hydrogen-bond donors (Lipinski definition) is 2. The molecule has 104 valence electrons. The molecule has 4 heteroatoms. The Morgan fingerprint density at radius 1 is 1.33 bits per heavy atom. The van der Waals surface area contributed by atoms with Crippen molar-refractivity contribution in [1.82, 2.24) is 10.6 Å². The number of carbonyl (C=O) groups excluding carboxylic acids is 1. The van der Waals surface area contributed by atoms with Gasteiger partial charge in [0.25, 0.3) is 0 Å². The average molecular weight is 254 g/mol. The highest BCUT2D eigenvalue weighted by atomic mass is 16.5. The van der Waals surface area contributed by atoms with Gasteiger partial charge in [-0.3, -0.25) is 4.79 Å². The molecule has 1 saturated carbocycles. The lowest BCUT2D eigenvalue weighted by Gasteiger charge is -2.21. The van der Waals surface area contributed by atoms with E-state index in [0.717, 1.165) is 32.4 Å². The maximum absolute atomic E-state index is 12.1. The van der Waals surface area contributed by atoms with Crippen LogP contribution in [0.2, 0.25) is 0 Å². The zero-order valence-electron chi connectivity index (χ0n) is 11.4. The highest BCUT2D eigenvalue weighted by molar-refractivity contribution is 5.80. The van der Waals surface area contributed by atoms with Gasteiger partial charge in [-0.1, -0.05) is 19.8 Å². The van der Waals surface area contributed by atoms with Crippen molar-refractivity contribution in [1.29, 1.82) is 0 Å². The van der Waals surface area contributed by atoms with E-state index in [9.17, 15) is 4.79 Å². The maximum Gasteiger partial charge on any atom is 0.249 e. The second kappa shape index (κ2) is 7.10. The van der Waals surface area contributed by atoms with Crippen LogP contribution in [0.15, 0.2) is 0 Å². The molecule has 2 unspecified atom stereocenters. The van der Waals surface area contributed by atoms with E-state index in [1.54, 1.807) is 0 Å². The molecular weight excluding hydrogens is 228 g/mol. The number of rotatable bonds is 6. The normalized spacial score (nSPS) is 26.4. The Hall–Kier alpha value is -0.610.